The third kappa shape index (κ3) is 2.85. The monoisotopic (exact) mass is 519 g/mol. The highest BCUT2D eigenvalue weighted by molar-refractivity contribution is 5.99. The van der Waals surface area contributed by atoms with Gasteiger partial charge in [-0.15, -0.1) is 0 Å². The Kier molecular flexibility index (Phi) is 5.54. The summed E-state index contributed by atoms with van der Waals surface area (Å²) >= 11 is 0. The maximum absolute atomic E-state index is 14.5. The molecule has 5 aliphatic carbocycles. The highest BCUT2D eigenvalue weighted by atomic mass is 16.4. The lowest BCUT2D eigenvalue weighted by molar-refractivity contribution is -0.202. The molecule has 5 aliphatic rings. The first-order chi connectivity index (χ1) is 17.4. The van der Waals surface area contributed by atoms with Crippen LogP contribution < -0.4 is 0 Å². The van der Waals surface area contributed by atoms with Crippen LogP contribution in [0.3, 0.4) is 0 Å². The Bertz CT molecular complexity index is 1250. The normalized spacial score (nSPS) is 48.8. The molecule has 5 heteroatoms. The molecule has 1 N–H and O–H groups in total. The molecule has 3 fully saturated rings. The standard InChI is InChI=1S/C33H45NO4/c1-18-14-24(36)29(5,6)22-10-11-30(7)23(32(18,22)9)15-21(35)26-25-20(17-34)28(3,4)19(2)16-33(25,27(37)38)13-12-31(26,30)8/h14-15,19-20,22,25-26H,10-13,16H2,1-9H3,(H,37,38)/t19?,20?,22-,25-,26+,30+,31+,32-,33-/m0/s1. The number of nitriles is 1. The Morgan fingerprint density at radius 1 is 1.03 bits per heavy atom. The fourth-order valence-electron chi connectivity index (χ4n) is 10.6. The first-order valence-corrected chi connectivity index (χ1v) is 14.5. The summed E-state index contributed by atoms with van der Waals surface area (Å²) in [5.74, 6) is -2.09. The third-order valence-electron chi connectivity index (χ3n) is 13.8. The lowest BCUT2D eigenvalue weighted by Gasteiger charge is -2.70. The van der Waals surface area contributed by atoms with Crippen LogP contribution >= 0.6 is 0 Å². The Balaban J connectivity index is 1.75. The van der Waals surface area contributed by atoms with Crippen LogP contribution in [0.4, 0.5) is 0 Å². The highest BCUT2D eigenvalue weighted by Gasteiger charge is 2.73. The molecule has 0 amide bonds. The first kappa shape index (κ1) is 27.4. The molecule has 0 aromatic carbocycles. The minimum Gasteiger partial charge on any atom is -0.481 e. The zero-order chi connectivity index (χ0) is 28.4. The van der Waals surface area contributed by atoms with Crippen molar-refractivity contribution >= 4 is 17.5 Å². The SMILES string of the molecule is CC1=CC(=O)C(C)(C)[C@@H]2CC[C@]3(C)C(=CC(=O)[C@@H]4[C@@H]5C(C#N)C(C)(C)C(C)C[C@@]5(C(=O)O)CC[C@]43C)[C@@]12C. The summed E-state index contributed by atoms with van der Waals surface area (Å²) < 4.78 is 0. The Hall–Kier alpha value is -2.22. The molecule has 9 atom stereocenters. The molecule has 3 saturated carbocycles. The second kappa shape index (κ2) is 7.70. The van der Waals surface area contributed by atoms with Gasteiger partial charge in [-0.1, -0.05) is 61.0 Å². The molecule has 0 saturated heterocycles. The van der Waals surface area contributed by atoms with Crippen LogP contribution in [0.5, 0.6) is 0 Å². The summed E-state index contributed by atoms with van der Waals surface area (Å²) in [5.41, 5.74) is -1.03. The van der Waals surface area contributed by atoms with E-state index < -0.39 is 50.8 Å². The van der Waals surface area contributed by atoms with Crippen molar-refractivity contribution in [1.29, 1.82) is 5.26 Å². The maximum Gasteiger partial charge on any atom is 0.309 e. The van der Waals surface area contributed by atoms with E-state index in [9.17, 15) is 24.8 Å². The van der Waals surface area contributed by atoms with E-state index in [0.29, 0.717) is 19.3 Å². The smallest absolute Gasteiger partial charge is 0.309 e. The van der Waals surface area contributed by atoms with Gasteiger partial charge in [0.15, 0.2) is 11.6 Å². The first-order valence-electron chi connectivity index (χ1n) is 14.5. The number of nitrogens with zero attached hydrogens (tertiary/aromatic N) is 1. The Morgan fingerprint density at radius 3 is 2.24 bits per heavy atom. The number of hydrogen-bond donors (Lipinski definition) is 1. The van der Waals surface area contributed by atoms with Gasteiger partial charge in [-0.05, 0) is 84.8 Å². The number of carboxylic acids is 1. The predicted molar refractivity (Wildman–Crippen MR) is 146 cm³/mol. The maximum atomic E-state index is 14.5. The molecular formula is C33H45NO4. The van der Waals surface area contributed by atoms with Crippen LogP contribution in [0.25, 0.3) is 0 Å². The molecule has 0 bridgehead atoms. The molecule has 206 valence electrons. The van der Waals surface area contributed by atoms with Gasteiger partial charge in [0.1, 0.15) is 0 Å². The third-order valence-corrected chi connectivity index (χ3v) is 13.8. The summed E-state index contributed by atoms with van der Waals surface area (Å²) in [5, 5.41) is 21.3. The summed E-state index contributed by atoms with van der Waals surface area (Å²) in [4.78, 5) is 40.7. The number of carbonyl (C=O) groups is 3. The van der Waals surface area contributed by atoms with Crippen LogP contribution in [0.15, 0.2) is 23.3 Å². The number of carbonyl (C=O) groups excluding carboxylic acids is 2. The zero-order valence-corrected chi connectivity index (χ0v) is 24.7. The van der Waals surface area contributed by atoms with E-state index in [1.165, 1.54) is 0 Å². The molecule has 0 spiro atoms. The lowest BCUT2D eigenvalue weighted by Crippen LogP contribution is -2.68. The van der Waals surface area contributed by atoms with E-state index in [0.717, 1.165) is 24.0 Å². The fraction of sp³-hybridized carbons (Fsp3) is 0.758. The van der Waals surface area contributed by atoms with Gasteiger partial charge in [0.05, 0.1) is 17.4 Å². The number of carboxylic acid groups (broad SMARTS) is 1. The van der Waals surface area contributed by atoms with E-state index in [4.69, 9.17) is 0 Å². The molecule has 0 heterocycles. The largest absolute Gasteiger partial charge is 0.481 e. The van der Waals surface area contributed by atoms with Crippen LogP contribution in [-0.4, -0.2) is 22.6 Å². The molecule has 0 aliphatic heterocycles. The fourth-order valence-corrected chi connectivity index (χ4v) is 10.6. The summed E-state index contributed by atoms with van der Waals surface area (Å²) in [6, 6.07) is 2.55. The molecule has 0 aromatic heterocycles. The number of allylic oxidation sites excluding steroid dienone is 4. The van der Waals surface area contributed by atoms with Gasteiger partial charge in [-0.2, -0.15) is 5.26 Å². The minimum atomic E-state index is -1.06. The average Bonchev–Trinajstić information content (AvgIpc) is 2.81. The van der Waals surface area contributed by atoms with Crippen molar-refractivity contribution < 1.29 is 19.5 Å². The van der Waals surface area contributed by atoms with Gasteiger partial charge in [-0.3, -0.25) is 14.4 Å². The molecule has 0 aromatic rings. The average molecular weight is 520 g/mol. The summed E-state index contributed by atoms with van der Waals surface area (Å²) in [6.45, 7) is 19.1. The van der Waals surface area contributed by atoms with E-state index in [1.54, 1.807) is 6.08 Å². The van der Waals surface area contributed by atoms with Crippen molar-refractivity contribution in [3.05, 3.63) is 23.3 Å². The van der Waals surface area contributed by atoms with E-state index in [-0.39, 0.29) is 28.8 Å². The van der Waals surface area contributed by atoms with Crippen LogP contribution in [0, 0.1) is 73.4 Å². The quantitative estimate of drug-likeness (QED) is 0.412. The van der Waals surface area contributed by atoms with Crippen LogP contribution in [-0.2, 0) is 14.4 Å². The van der Waals surface area contributed by atoms with Crippen molar-refractivity contribution in [2.45, 2.75) is 94.4 Å². The molecule has 5 rings (SSSR count). The van der Waals surface area contributed by atoms with Gasteiger partial charge in [0, 0.05) is 22.7 Å². The van der Waals surface area contributed by atoms with Gasteiger partial charge >= 0.3 is 5.97 Å². The summed E-state index contributed by atoms with van der Waals surface area (Å²) in [6.07, 6.45) is 7.04. The van der Waals surface area contributed by atoms with Crippen molar-refractivity contribution in [2.24, 2.45) is 62.1 Å². The van der Waals surface area contributed by atoms with E-state index >= 15 is 0 Å². The Morgan fingerprint density at radius 2 is 1.66 bits per heavy atom. The number of ketones is 2. The number of fused-ring (bicyclic) bond motifs is 7. The number of rotatable bonds is 1. The lowest BCUT2D eigenvalue weighted by atomic mass is 9.32. The molecule has 2 unspecified atom stereocenters. The van der Waals surface area contributed by atoms with Crippen LogP contribution in [0.1, 0.15) is 94.4 Å². The van der Waals surface area contributed by atoms with E-state index in [2.05, 4.69) is 47.6 Å². The Labute approximate surface area is 228 Å². The zero-order valence-electron chi connectivity index (χ0n) is 24.7. The molecular weight excluding hydrogens is 474 g/mol. The van der Waals surface area contributed by atoms with Crippen molar-refractivity contribution in [3.63, 3.8) is 0 Å². The summed E-state index contributed by atoms with van der Waals surface area (Å²) in [7, 11) is 0. The molecule has 0 radical (unpaired) electrons. The van der Waals surface area contributed by atoms with Gasteiger partial charge in [0.25, 0.3) is 0 Å². The minimum absolute atomic E-state index is 0.00900. The van der Waals surface area contributed by atoms with E-state index in [1.807, 2.05) is 26.8 Å². The van der Waals surface area contributed by atoms with Crippen LogP contribution in [0.2, 0.25) is 0 Å². The molecule has 38 heavy (non-hydrogen) atoms. The van der Waals surface area contributed by atoms with Gasteiger partial charge in [-0.25, -0.2) is 0 Å². The second-order valence-corrected chi connectivity index (χ2v) is 15.4. The molecule has 5 nitrogen and oxygen atoms in total. The van der Waals surface area contributed by atoms with Gasteiger partial charge < -0.3 is 5.11 Å². The number of hydrogen-bond acceptors (Lipinski definition) is 4. The predicted octanol–water partition coefficient (Wildman–Crippen LogP) is 6.78. The number of aliphatic carboxylic acids is 1. The van der Waals surface area contributed by atoms with Gasteiger partial charge in [0.2, 0.25) is 0 Å². The second-order valence-electron chi connectivity index (χ2n) is 15.4. The van der Waals surface area contributed by atoms with Crippen molar-refractivity contribution in [3.8, 4) is 6.07 Å². The highest BCUT2D eigenvalue weighted by Crippen LogP contribution is 2.76. The topological polar surface area (TPSA) is 95.2 Å². The van der Waals surface area contributed by atoms with Crippen molar-refractivity contribution in [1.82, 2.24) is 0 Å². The van der Waals surface area contributed by atoms with Crippen molar-refractivity contribution in [2.75, 3.05) is 0 Å².